The van der Waals surface area contributed by atoms with Crippen molar-refractivity contribution in [2.75, 3.05) is 6.54 Å². The summed E-state index contributed by atoms with van der Waals surface area (Å²) >= 11 is 0. The molecule has 4 amide bonds. The van der Waals surface area contributed by atoms with Crippen LogP contribution in [0.4, 0.5) is 9.18 Å². The topological polar surface area (TPSA) is 115 Å². The van der Waals surface area contributed by atoms with Gasteiger partial charge in [0.15, 0.2) is 0 Å². The fourth-order valence-electron chi connectivity index (χ4n) is 1.72. The lowest BCUT2D eigenvalue weighted by Gasteiger charge is -2.09. The first-order valence-electron chi connectivity index (χ1n) is 7.03. The molecule has 1 aromatic carbocycles. The minimum atomic E-state index is -0.591. The summed E-state index contributed by atoms with van der Waals surface area (Å²) in [5.74, 6) is -1.46. The number of hydrogen-bond donors (Lipinski definition) is 5. The van der Waals surface area contributed by atoms with Crippen LogP contribution in [-0.4, -0.2) is 29.4 Å². The highest BCUT2D eigenvalue weighted by molar-refractivity contribution is 5.94. The molecule has 0 aliphatic heterocycles. The summed E-state index contributed by atoms with van der Waals surface area (Å²) in [5, 5.41) is 4.84. The molecule has 0 fully saturated rings. The van der Waals surface area contributed by atoms with Crippen LogP contribution in [0, 0.1) is 5.82 Å². The van der Waals surface area contributed by atoms with Crippen LogP contribution < -0.4 is 21.5 Å². The number of halogens is 1. The van der Waals surface area contributed by atoms with Gasteiger partial charge in [-0.05, 0) is 29.8 Å². The number of carbonyl (C=O) groups excluding carboxylic acids is 3. The van der Waals surface area contributed by atoms with E-state index in [0.717, 1.165) is 0 Å². The largest absolute Gasteiger partial charge is 0.357 e. The van der Waals surface area contributed by atoms with Gasteiger partial charge in [0.25, 0.3) is 11.8 Å². The van der Waals surface area contributed by atoms with E-state index >= 15 is 0 Å². The predicted octanol–water partition coefficient (Wildman–Crippen LogP) is 0.414. The fraction of sp³-hybridized carbons (Fsp3) is 0.133. The number of benzene rings is 1. The molecule has 1 heterocycles. The molecule has 1 aromatic heterocycles. The third-order valence-electron chi connectivity index (χ3n) is 2.93. The molecule has 0 aliphatic rings. The number of amides is 4. The molecular weight excluding hydrogens is 317 g/mol. The van der Waals surface area contributed by atoms with Gasteiger partial charge in [0, 0.05) is 12.7 Å². The lowest BCUT2D eigenvalue weighted by molar-refractivity contribution is -0.120. The van der Waals surface area contributed by atoms with Crippen LogP contribution in [0.2, 0.25) is 0 Å². The van der Waals surface area contributed by atoms with Crippen molar-refractivity contribution in [3.63, 3.8) is 0 Å². The number of aromatic nitrogens is 1. The van der Waals surface area contributed by atoms with Crippen molar-refractivity contribution in [2.24, 2.45) is 0 Å². The smallest absolute Gasteiger partial charge is 0.315 e. The predicted molar refractivity (Wildman–Crippen MR) is 83.0 cm³/mol. The van der Waals surface area contributed by atoms with Gasteiger partial charge in [-0.1, -0.05) is 12.1 Å². The van der Waals surface area contributed by atoms with Crippen LogP contribution in [0.25, 0.3) is 0 Å². The first kappa shape index (κ1) is 17.0. The Labute approximate surface area is 136 Å². The Morgan fingerprint density at radius 2 is 1.75 bits per heavy atom. The van der Waals surface area contributed by atoms with Crippen molar-refractivity contribution in [3.05, 3.63) is 59.7 Å². The lowest BCUT2D eigenvalue weighted by atomic mass is 10.2. The van der Waals surface area contributed by atoms with Gasteiger partial charge >= 0.3 is 6.03 Å². The quantitative estimate of drug-likeness (QED) is 0.511. The number of carbonyl (C=O) groups is 3. The highest BCUT2D eigenvalue weighted by atomic mass is 19.1. The van der Waals surface area contributed by atoms with Gasteiger partial charge in [-0.3, -0.25) is 20.4 Å². The van der Waals surface area contributed by atoms with Crippen LogP contribution in [-0.2, 0) is 11.3 Å². The Kier molecular flexibility index (Phi) is 5.89. The van der Waals surface area contributed by atoms with E-state index in [1.165, 1.54) is 12.1 Å². The number of hydrogen-bond acceptors (Lipinski definition) is 3. The average molecular weight is 333 g/mol. The summed E-state index contributed by atoms with van der Waals surface area (Å²) in [5.41, 5.74) is 5.37. The van der Waals surface area contributed by atoms with Crippen LogP contribution in [0.5, 0.6) is 0 Å². The normalized spacial score (nSPS) is 9.88. The van der Waals surface area contributed by atoms with Gasteiger partial charge < -0.3 is 15.6 Å². The highest BCUT2D eigenvalue weighted by Gasteiger charge is 2.08. The molecule has 5 N–H and O–H groups in total. The van der Waals surface area contributed by atoms with E-state index in [1.54, 1.807) is 30.5 Å². The number of rotatable bonds is 5. The zero-order valence-corrected chi connectivity index (χ0v) is 12.6. The van der Waals surface area contributed by atoms with Crippen molar-refractivity contribution in [2.45, 2.75) is 6.54 Å². The van der Waals surface area contributed by atoms with E-state index in [1.807, 2.05) is 0 Å². The molecule has 0 unspecified atom stereocenters. The van der Waals surface area contributed by atoms with E-state index in [0.29, 0.717) is 11.3 Å². The molecule has 9 heteroatoms. The summed E-state index contributed by atoms with van der Waals surface area (Å²) in [6.07, 6.45) is 1.57. The highest BCUT2D eigenvalue weighted by Crippen LogP contribution is 2.01. The van der Waals surface area contributed by atoms with Crippen LogP contribution in [0.1, 0.15) is 16.1 Å². The first-order chi connectivity index (χ1) is 11.5. The van der Waals surface area contributed by atoms with Gasteiger partial charge in [0.1, 0.15) is 18.1 Å². The zero-order valence-electron chi connectivity index (χ0n) is 12.6. The van der Waals surface area contributed by atoms with Crippen molar-refractivity contribution in [3.8, 4) is 0 Å². The maximum absolute atomic E-state index is 12.7. The maximum atomic E-state index is 12.7. The number of urea groups is 1. The van der Waals surface area contributed by atoms with Crippen molar-refractivity contribution in [1.29, 1.82) is 0 Å². The van der Waals surface area contributed by atoms with Crippen molar-refractivity contribution in [1.82, 2.24) is 26.5 Å². The SMILES string of the molecule is O=C(CNC(=O)NCc1ccc(F)cc1)NNC(=O)c1ccc[nH]1. The molecule has 0 bridgehead atoms. The van der Waals surface area contributed by atoms with E-state index in [9.17, 15) is 18.8 Å². The second-order valence-corrected chi connectivity index (χ2v) is 4.75. The molecule has 0 saturated carbocycles. The molecule has 8 nitrogen and oxygen atoms in total. The Hall–Kier alpha value is -3.36. The lowest BCUT2D eigenvalue weighted by Crippen LogP contribution is -2.48. The van der Waals surface area contributed by atoms with E-state index < -0.39 is 17.8 Å². The number of hydrazine groups is 1. The van der Waals surface area contributed by atoms with Crippen molar-refractivity contribution < 1.29 is 18.8 Å². The minimum Gasteiger partial charge on any atom is -0.357 e. The Morgan fingerprint density at radius 1 is 1.00 bits per heavy atom. The molecular formula is C15H16FN5O3. The third-order valence-corrected chi connectivity index (χ3v) is 2.93. The summed E-state index contributed by atoms with van der Waals surface area (Å²) in [6, 6.07) is 8.28. The molecule has 0 atom stereocenters. The summed E-state index contributed by atoms with van der Waals surface area (Å²) in [6.45, 7) is -0.127. The number of H-pyrrole nitrogens is 1. The standard InChI is InChI=1S/C15H16FN5O3/c16-11-5-3-10(4-6-11)8-18-15(24)19-9-13(22)20-21-14(23)12-2-1-7-17-12/h1-7,17H,8-9H2,(H,20,22)(H,21,23)(H2,18,19,24). The monoisotopic (exact) mass is 333 g/mol. The molecule has 0 radical (unpaired) electrons. The molecule has 24 heavy (non-hydrogen) atoms. The van der Waals surface area contributed by atoms with Crippen LogP contribution in [0.15, 0.2) is 42.6 Å². The molecule has 2 aromatic rings. The van der Waals surface area contributed by atoms with Crippen LogP contribution in [0.3, 0.4) is 0 Å². The minimum absolute atomic E-state index is 0.192. The van der Waals surface area contributed by atoms with Gasteiger partial charge in [-0.15, -0.1) is 0 Å². The Morgan fingerprint density at radius 3 is 2.42 bits per heavy atom. The summed E-state index contributed by atoms with van der Waals surface area (Å²) in [7, 11) is 0. The molecule has 2 rings (SSSR count). The number of aromatic amines is 1. The van der Waals surface area contributed by atoms with E-state index in [-0.39, 0.29) is 18.9 Å². The summed E-state index contributed by atoms with van der Waals surface area (Å²) < 4.78 is 12.7. The van der Waals surface area contributed by atoms with Gasteiger partial charge in [0.05, 0.1) is 0 Å². The second kappa shape index (κ2) is 8.32. The van der Waals surface area contributed by atoms with Crippen LogP contribution >= 0.6 is 0 Å². The van der Waals surface area contributed by atoms with Gasteiger partial charge in [-0.25, -0.2) is 9.18 Å². The molecule has 0 spiro atoms. The van der Waals surface area contributed by atoms with Gasteiger partial charge in [-0.2, -0.15) is 0 Å². The Balaban J connectivity index is 1.63. The number of nitrogens with one attached hydrogen (secondary N) is 5. The maximum Gasteiger partial charge on any atom is 0.315 e. The van der Waals surface area contributed by atoms with E-state index in [4.69, 9.17) is 0 Å². The summed E-state index contributed by atoms with van der Waals surface area (Å²) in [4.78, 5) is 37.3. The second-order valence-electron chi connectivity index (χ2n) is 4.75. The average Bonchev–Trinajstić information content (AvgIpc) is 3.12. The third kappa shape index (κ3) is 5.44. The Bertz CT molecular complexity index is 700. The molecule has 0 aliphatic carbocycles. The first-order valence-corrected chi connectivity index (χ1v) is 7.03. The molecule has 126 valence electrons. The van der Waals surface area contributed by atoms with Crippen molar-refractivity contribution >= 4 is 17.8 Å². The zero-order chi connectivity index (χ0) is 17.4. The van der Waals surface area contributed by atoms with Gasteiger partial charge in [0.2, 0.25) is 0 Å². The van der Waals surface area contributed by atoms with E-state index in [2.05, 4.69) is 26.5 Å². The molecule has 0 saturated heterocycles. The fourth-order valence-corrected chi connectivity index (χ4v) is 1.72.